The Labute approximate surface area is 175 Å². The number of benzene rings is 2. The Balaban J connectivity index is 1.34. The van der Waals surface area contributed by atoms with E-state index in [1.807, 2.05) is 23.1 Å². The number of rotatable bonds is 7. The molecule has 2 aromatic carbocycles. The number of nitrogens with one attached hydrogen (secondary N) is 2. The molecule has 1 aliphatic heterocycles. The van der Waals surface area contributed by atoms with E-state index in [-0.39, 0.29) is 18.2 Å². The number of carbonyl (C=O) groups excluding carboxylic acids is 2. The van der Waals surface area contributed by atoms with Gasteiger partial charge in [0.05, 0.1) is 6.54 Å². The average Bonchev–Trinajstić information content (AvgIpc) is 2.75. The third-order valence-corrected chi connectivity index (χ3v) is 4.92. The molecule has 160 valence electrons. The summed E-state index contributed by atoms with van der Waals surface area (Å²) in [6, 6.07) is 16.1. The van der Waals surface area contributed by atoms with Gasteiger partial charge in [0, 0.05) is 32.7 Å². The lowest BCUT2D eigenvalue weighted by Gasteiger charge is -2.34. The van der Waals surface area contributed by atoms with Crippen LogP contribution in [-0.4, -0.2) is 60.4 Å². The largest absolute Gasteiger partial charge is 0.478 e. The van der Waals surface area contributed by atoms with E-state index in [0.29, 0.717) is 0 Å². The first-order valence-electron chi connectivity index (χ1n) is 10.00. The van der Waals surface area contributed by atoms with Crippen molar-refractivity contribution in [3.63, 3.8) is 0 Å². The van der Waals surface area contributed by atoms with Gasteiger partial charge in [-0.2, -0.15) is 0 Å². The molecule has 0 spiro atoms. The van der Waals surface area contributed by atoms with Crippen molar-refractivity contribution >= 4 is 11.8 Å². The number of piperazine rings is 1. The monoisotopic (exact) mass is 414 g/mol. The van der Waals surface area contributed by atoms with Crippen LogP contribution in [-0.2, 0) is 16.1 Å². The molecule has 1 heterocycles. The molecule has 1 unspecified atom stereocenters. The Morgan fingerprint density at radius 1 is 0.967 bits per heavy atom. The van der Waals surface area contributed by atoms with Gasteiger partial charge in [-0.05, 0) is 24.6 Å². The molecular weight excluding hydrogens is 387 g/mol. The van der Waals surface area contributed by atoms with E-state index in [1.165, 1.54) is 30.7 Å². The molecule has 1 atom stereocenters. The normalized spacial score (nSPS) is 15.9. The van der Waals surface area contributed by atoms with Crippen LogP contribution in [0.1, 0.15) is 12.5 Å². The van der Waals surface area contributed by atoms with Crippen molar-refractivity contribution in [3.05, 3.63) is 66.0 Å². The molecule has 0 radical (unpaired) electrons. The second kappa shape index (κ2) is 10.7. The molecule has 0 aromatic heterocycles. The summed E-state index contributed by atoms with van der Waals surface area (Å²) in [5, 5.41) is 0. The number of halogens is 1. The van der Waals surface area contributed by atoms with Crippen LogP contribution in [0.4, 0.5) is 4.39 Å². The fourth-order valence-electron chi connectivity index (χ4n) is 3.21. The number of ether oxygens (including phenoxy) is 1. The molecule has 2 amide bonds. The first kappa shape index (κ1) is 21.7. The quantitative estimate of drug-likeness (QED) is 0.673. The third-order valence-electron chi connectivity index (χ3n) is 4.92. The summed E-state index contributed by atoms with van der Waals surface area (Å²) in [5.74, 6) is -1.43. The van der Waals surface area contributed by atoms with Gasteiger partial charge in [0.15, 0.2) is 17.7 Å². The lowest BCUT2D eigenvalue weighted by molar-refractivity contribution is -0.133. The number of hydrazine groups is 1. The van der Waals surface area contributed by atoms with Crippen LogP contribution in [0.2, 0.25) is 0 Å². The Morgan fingerprint density at radius 2 is 1.60 bits per heavy atom. The van der Waals surface area contributed by atoms with Crippen LogP contribution in [0.15, 0.2) is 54.6 Å². The van der Waals surface area contributed by atoms with Crippen molar-refractivity contribution in [3.8, 4) is 5.75 Å². The minimum Gasteiger partial charge on any atom is -0.478 e. The fourth-order valence-corrected chi connectivity index (χ4v) is 3.21. The van der Waals surface area contributed by atoms with E-state index >= 15 is 0 Å². The van der Waals surface area contributed by atoms with Gasteiger partial charge < -0.3 is 4.74 Å². The highest BCUT2D eigenvalue weighted by Gasteiger charge is 2.20. The first-order valence-corrected chi connectivity index (χ1v) is 10.00. The zero-order valence-electron chi connectivity index (χ0n) is 17.0. The molecular formula is C22H27FN4O3. The molecule has 0 bridgehead atoms. The van der Waals surface area contributed by atoms with Crippen molar-refractivity contribution in [1.82, 2.24) is 20.7 Å². The van der Waals surface area contributed by atoms with Crippen LogP contribution < -0.4 is 15.6 Å². The Kier molecular flexibility index (Phi) is 7.75. The summed E-state index contributed by atoms with van der Waals surface area (Å²) in [5.41, 5.74) is 6.00. The van der Waals surface area contributed by atoms with Gasteiger partial charge in [0.2, 0.25) is 0 Å². The molecule has 2 N–H and O–H groups in total. The van der Waals surface area contributed by atoms with Gasteiger partial charge in [0.1, 0.15) is 0 Å². The highest BCUT2D eigenvalue weighted by molar-refractivity contribution is 5.85. The predicted molar refractivity (Wildman–Crippen MR) is 111 cm³/mol. The van der Waals surface area contributed by atoms with Gasteiger partial charge >= 0.3 is 0 Å². The minimum atomic E-state index is -0.955. The Bertz CT molecular complexity index is 841. The smallest absolute Gasteiger partial charge is 0.279 e. The maximum atomic E-state index is 13.6. The van der Waals surface area contributed by atoms with E-state index in [9.17, 15) is 14.0 Å². The molecule has 7 nitrogen and oxygen atoms in total. The molecule has 8 heteroatoms. The number of hydrogen-bond acceptors (Lipinski definition) is 5. The topological polar surface area (TPSA) is 73.9 Å². The van der Waals surface area contributed by atoms with Crippen LogP contribution in [0.5, 0.6) is 5.75 Å². The van der Waals surface area contributed by atoms with Gasteiger partial charge in [-0.25, -0.2) is 4.39 Å². The van der Waals surface area contributed by atoms with Gasteiger partial charge in [-0.1, -0.05) is 42.5 Å². The highest BCUT2D eigenvalue weighted by Crippen LogP contribution is 2.16. The van der Waals surface area contributed by atoms with E-state index in [4.69, 9.17) is 4.74 Å². The van der Waals surface area contributed by atoms with E-state index in [2.05, 4.69) is 27.9 Å². The molecule has 0 aliphatic carbocycles. The van der Waals surface area contributed by atoms with Crippen molar-refractivity contribution in [2.24, 2.45) is 0 Å². The molecule has 1 fully saturated rings. The molecule has 0 saturated carbocycles. The lowest BCUT2D eigenvalue weighted by Crippen LogP contribution is -2.53. The molecule has 30 heavy (non-hydrogen) atoms. The zero-order chi connectivity index (χ0) is 21.3. The predicted octanol–water partition coefficient (Wildman–Crippen LogP) is 1.56. The maximum absolute atomic E-state index is 13.6. The second-order valence-corrected chi connectivity index (χ2v) is 7.27. The number of nitrogens with zero attached hydrogens (tertiary/aromatic N) is 2. The minimum absolute atomic E-state index is 0.0140. The average molecular weight is 414 g/mol. The summed E-state index contributed by atoms with van der Waals surface area (Å²) in [7, 11) is 0. The fraction of sp³-hybridized carbons (Fsp3) is 0.364. The van der Waals surface area contributed by atoms with E-state index < -0.39 is 17.8 Å². The summed E-state index contributed by atoms with van der Waals surface area (Å²) in [4.78, 5) is 28.6. The Hall–Kier alpha value is -2.97. The van der Waals surface area contributed by atoms with Crippen LogP contribution in [0.3, 0.4) is 0 Å². The van der Waals surface area contributed by atoms with Crippen molar-refractivity contribution in [1.29, 1.82) is 0 Å². The number of amides is 2. The van der Waals surface area contributed by atoms with Crippen molar-refractivity contribution in [2.45, 2.75) is 19.6 Å². The van der Waals surface area contributed by atoms with Gasteiger partial charge in [-0.3, -0.25) is 30.2 Å². The standard InChI is InChI=1S/C22H27FN4O3/c1-17(30-20-10-6-5-9-19(20)23)22(29)25-24-21(28)16-27-13-11-26(12-14-27)15-18-7-3-2-4-8-18/h2-10,17H,11-16H2,1H3,(H,24,28)(H,25,29). The summed E-state index contributed by atoms with van der Waals surface area (Å²) < 4.78 is 18.9. The number of carbonyl (C=O) groups is 2. The Morgan fingerprint density at radius 3 is 2.30 bits per heavy atom. The highest BCUT2D eigenvalue weighted by atomic mass is 19.1. The van der Waals surface area contributed by atoms with Crippen molar-refractivity contribution in [2.75, 3.05) is 32.7 Å². The van der Waals surface area contributed by atoms with Crippen LogP contribution in [0.25, 0.3) is 0 Å². The van der Waals surface area contributed by atoms with Crippen molar-refractivity contribution < 1.29 is 18.7 Å². The second-order valence-electron chi connectivity index (χ2n) is 7.27. The summed E-state index contributed by atoms with van der Waals surface area (Å²) in [6.07, 6.45) is -0.955. The molecule has 1 aliphatic rings. The third kappa shape index (κ3) is 6.53. The molecule has 2 aromatic rings. The zero-order valence-corrected chi connectivity index (χ0v) is 17.0. The lowest BCUT2D eigenvalue weighted by atomic mass is 10.2. The van der Waals surface area contributed by atoms with Crippen LogP contribution >= 0.6 is 0 Å². The maximum Gasteiger partial charge on any atom is 0.279 e. The SMILES string of the molecule is CC(Oc1ccccc1F)C(=O)NNC(=O)CN1CCN(Cc2ccccc2)CC1. The van der Waals surface area contributed by atoms with Crippen LogP contribution in [0, 0.1) is 5.82 Å². The number of para-hydroxylation sites is 1. The summed E-state index contributed by atoms with van der Waals surface area (Å²) >= 11 is 0. The first-order chi connectivity index (χ1) is 14.5. The van der Waals surface area contributed by atoms with Gasteiger partial charge in [0.25, 0.3) is 11.8 Å². The van der Waals surface area contributed by atoms with E-state index in [0.717, 1.165) is 32.7 Å². The molecule has 3 rings (SSSR count). The molecule has 1 saturated heterocycles. The van der Waals surface area contributed by atoms with E-state index in [1.54, 1.807) is 6.07 Å². The summed E-state index contributed by atoms with van der Waals surface area (Å²) in [6.45, 7) is 5.89. The number of hydrogen-bond donors (Lipinski definition) is 2. The van der Waals surface area contributed by atoms with Gasteiger partial charge in [-0.15, -0.1) is 0 Å².